The number of nitrogens with one attached hydrogen (secondary N) is 1. The summed E-state index contributed by atoms with van der Waals surface area (Å²) in [5.41, 5.74) is 1.55. The minimum atomic E-state index is -0.588. The summed E-state index contributed by atoms with van der Waals surface area (Å²) in [5.74, 6) is 1.47. The molecule has 5 nitrogen and oxygen atoms in total. The Morgan fingerprint density at radius 1 is 1.24 bits per heavy atom. The minimum absolute atomic E-state index is 0.0279. The molecule has 2 N–H and O–H groups in total. The summed E-state index contributed by atoms with van der Waals surface area (Å²) in [6.45, 7) is 13.4. The first-order valence-electron chi connectivity index (χ1n) is 12.2. The van der Waals surface area contributed by atoms with Crippen molar-refractivity contribution in [2.24, 2.45) is 16.7 Å². The fourth-order valence-electron chi connectivity index (χ4n) is 5.85. The number of hydrogen-bond acceptors (Lipinski definition) is 4. The van der Waals surface area contributed by atoms with Crippen molar-refractivity contribution in [2.45, 2.75) is 65.4 Å². The average molecular weight is 450 g/mol. The second-order valence-corrected chi connectivity index (χ2v) is 11.9. The number of nitrogens with zero attached hydrogens (tertiary/aromatic N) is 2. The van der Waals surface area contributed by atoms with Crippen molar-refractivity contribution < 1.29 is 9.90 Å². The number of benzene rings is 1. The number of rotatable bonds is 6. The van der Waals surface area contributed by atoms with Crippen molar-refractivity contribution in [3.05, 3.63) is 59.8 Å². The topological polar surface area (TPSA) is 65.5 Å². The number of carbonyl (C=O) groups is 1. The van der Waals surface area contributed by atoms with E-state index in [0.29, 0.717) is 17.7 Å². The lowest BCUT2D eigenvalue weighted by atomic mass is 9.82. The zero-order valence-electron chi connectivity index (χ0n) is 20.8. The molecule has 1 saturated heterocycles. The lowest BCUT2D eigenvalue weighted by Crippen LogP contribution is -2.35. The van der Waals surface area contributed by atoms with Gasteiger partial charge < -0.3 is 15.3 Å². The molecule has 0 spiro atoms. The highest BCUT2D eigenvalue weighted by molar-refractivity contribution is 5.93. The van der Waals surface area contributed by atoms with Gasteiger partial charge in [-0.25, -0.2) is 4.98 Å². The Hall–Kier alpha value is -2.24. The first-order chi connectivity index (χ1) is 15.5. The molecule has 2 aromatic rings. The molecule has 1 amide bonds. The van der Waals surface area contributed by atoms with E-state index >= 15 is 0 Å². The molecule has 1 aliphatic heterocycles. The molecule has 4 atom stereocenters. The Bertz CT molecular complexity index is 969. The van der Waals surface area contributed by atoms with Crippen molar-refractivity contribution in [1.29, 1.82) is 0 Å². The molecule has 0 radical (unpaired) electrons. The van der Waals surface area contributed by atoms with Gasteiger partial charge in [0.2, 0.25) is 5.91 Å². The fraction of sp³-hybridized carbons (Fsp3) is 0.571. The van der Waals surface area contributed by atoms with Gasteiger partial charge in [0.1, 0.15) is 5.82 Å². The summed E-state index contributed by atoms with van der Waals surface area (Å²) < 4.78 is 0. The number of pyridine rings is 1. The summed E-state index contributed by atoms with van der Waals surface area (Å²) in [6.07, 6.45) is 4.39. The lowest BCUT2D eigenvalue weighted by molar-refractivity contribution is -0.123. The van der Waals surface area contributed by atoms with Gasteiger partial charge in [-0.3, -0.25) is 4.79 Å². The van der Waals surface area contributed by atoms with E-state index in [4.69, 9.17) is 0 Å². The van der Waals surface area contributed by atoms with Crippen molar-refractivity contribution in [1.82, 2.24) is 9.88 Å². The van der Waals surface area contributed by atoms with Crippen LogP contribution in [0.3, 0.4) is 0 Å². The fourth-order valence-corrected chi connectivity index (χ4v) is 5.85. The molecule has 1 aromatic carbocycles. The zero-order valence-corrected chi connectivity index (χ0v) is 20.8. The number of likely N-dealkylation sites (tertiary alicyclic amines) is 1. The molecule has 0 bridgehead atoms. The number of aliphatic hydroxyl groups is 1. The van der Waals surface area contributed by atoms with Crippen LogP contribution in [0.15, 0.2) is 48.7 Å². The number of hydrogen-bond donors (Lipinski definition) is 2. The first-order valence-corrected chi connectivity index (χ1v) is 12.2. The van der Waals surface area contributed by atoms with E-state index in [1.54, 1.807) is 0 Å². The largest absolute Gasteiger partial charge is 0.390 e. The van der Waals surface area contributed by atoms with E-state index < -0.39 is 11.0 Å². The van der Waals surface area contributed by atoms with E-state index in [-0.39, 0.29) is 11.3 Å². The molecule has 2 fully saturated rings. The second-order valence-electron chi connectivity index (χ2n) is 11.9. The first kappa shape index (κ1) is 23.9. The van der Waals surface area contributed by atoms with Crippen LogP contribution in [0.5, 0.6) is 0 Å². The summed E-state index contributed by atoms with van der Waals surface area (Å²) in [5, 5.41) is 14.2. The number of carbonyl (C=O) groups excluding carboxylic acids is 1. The summed E-state index contributed by atoms with van der Waals surface area (Å²) in [6, 6.07) is 14.4. The number of anilines is 1. The molecule has 178 valence electrons. The number of aromatic nitrogens is 1. The van der Waals surface area contributed by atoms with Gasteiger partial charge in [-0.2, -0.15) is 0 Å². The van der Waals surface area contributed by atoms with E-state index in [1.165, 1.54) is 11.1 Å². The SMILES string of the molecule is CC(CN1C[C@H]2C[C@](O)(Cc3ccccc3)C[C@@]2(C)C1)c1ccc(NC(=O)C(C)(C)C)nc1. The smallest absolute Gasteiger partial charge is 0.230 e. The van der Waals surface area contributed by atoms with Gasteiger partial charge in [-0.15, -0.1) is 0 Å². The van der Waals surface area contributed by atoms with Crippen molar-refractivity contribution in [3.63, 3.8) is 0 Å². The molecule has 1 aliphatic carbocycles. The van der Waals surface area contributed by atoms with Crippen LogP contribution >= 0.6 is 0 Å². The van der Waals surface area contributed by atoms with Gasteiger partial charge in [-0.1, -0.05) is 71.0 Å². The molecule has 1 saturated carbocycles. The van der Waals surface area contributed by atoms with Crippen LogP contribution in [0.25, 0.3) is 0 Å². The van der Waals surface area contributed by atoms with Crippen LogP contribution in [0.1, 0.15) is 64.5 Å². The number of amides is 1. The van der Waals surface area contributed by atoms with Crippen LogP contribution in [-0.2, 0) is 11.2 Å². The molecule has 2 aliphatic rings. The molecule has 2 heterocycles. The van der Waals surface area contributed by atoms with Crippen molar-refractivity contribution in [2.75, 3.05) is 25.0 Å². The second kappa shape index (κ2) is 8.84. The standard InChI is InChI=1S/C28H39N3O2/c1-20(22-11-12-24(29-15-22)30-25(32)26(2,3)4)16-31-17-23-14-28(33,18-27(23,5)19-31)13-21-9-7-6-8-10-21/h6-12,15,20,23,33H,13-14,16-19H2,1-5H3,(H,29,30,32)/t20?,23-,27+,28-/m1/s1. The van der Waals surface area contributed by atoms with Gasteiger partial charge in [-0.05, 0) is 47.3 Å². The molecule has 33 heavy (non-hydrogen) atoms. The third-order valence-electron chi connectivity index (χ3n) is 7.59. The van der Waals surface area contributed by atoms with Crippen LogP contribution in [0.4, 0.5) is 5.82 Å². The highest BCUT2D eigenvalue weighted by atomic mass is 16.3. The van der Waals surface area contributed by atoms with Gasteiger partial charge in [0.05, 0.1) is 5.60 Å². The molecule has 1 unspecified atom stereocenters. The lowest BCUT2D eigenvalue weighted by Gasteiger charge is -2.30. The quantitative estimate of drug-likeness (QED) is 0.660. The van der Waals surface area contributed by atoms with E-state index in [9.17, 15) is 9.90 Å². The Morgan fingerprint density at radius 2 is 1.97 bits per heavy atom. The van der Waals surface area contributed by atoms with Crippen LogP contribution in [0, 0.1) is 16.7 Å². The van der Waals surface area contributed by atoms with Crippen molar-refractivity contribution in [3.8, 4) is 0 Å². The van der Waals surface area contributed by atoms with Gasteiger partial charge in [0, 0.05) is 37.7 Å². The van der Waals surface area contributed by atoms with Crippen molar-refractivity contribution >= 4 is 11.7 Å². The summed E-state index contributed by atoms with van der Waals surface area (Å²) in [4.78, 5) is 19.2. The third-order valence-corrected chi connectivity index (χ3v) is 7.59. The average Bonchev–Trinajstić information content (AvgIpc) is 3.14. The maximum Gasteiger partial charge on any atom is 0.230 e. The van der Waals surface area contributed by atoms with Gasteiger partial charge >= 0.3 is 0 Å². The van der Waals surface area contributed by atoms with E-state index in [0.717, 1.165) is 38.9 Å². The summed E-state index contributed by atoms with van der Waals surface area (Å²) in [7, 11) is 0. The van der Waals surface area contributed by atoms with Crippen LogP contribution < -0.4 is 5.32 Å². The monoisotopic (exact) mass is 449 g/mol. The highest BCUT2D eigenvalue weighted by Gasteiger charge is 2.55. The van der Waals surface area contributed by atoms with E-state index in [1.807, 2.05) is 39.1 Å². The maximum absolute atomic E-state index is 12.2. The van der Waals surface area contributed by atoms with Crippen LogP contribution in [-0.4, -0.2) is 46.1 Å². The predicted octanol–water partition coefficient (Wildman–Crippen LogP) is 4.88. The normalized spacial score (nSPS) is 28.5. The van der Waals surface area contributed by atoms with Gasteiger partial charge in [0.15, 0.2) is 0 Å². The number of fused-ring (bicyclic) bond motifs is 1. The maximum atomic E-state index is 12.2. The molecule has 1 aromatic heterocycles. The Morgan fingerprint density at radius 3 is 2.58 bits per heavy atom. The third kappa shape index (κ3) is 5.47. The summed E-state index contributed by atoms with van der Waals surface area (Å²) >= 11 is 0. The Balaban J connectivity index is 1.32. The Kier molecular flexibility index (Phi) is 6.41. The zero-order chi connectivity index (χ0) is 23.9. The predicted molar refractivity (Wildman–Crippen MR) is 133 cm³/mol. The molecular weight excluding hydrogens is 410 g/mol. The van der Waals surface area contributed by atoms with Gasteiger partial charge in [0.25, 0.3) is 0 Å². The molecule has 5 heteroatoms. The van der Waals surface area contributed by atoms with E-state index in [2.05, 4.69) is 59.4 Å². The van der Waals surface area contributed by atoms with Crippen LogP contribution in [0.2, 0.25) is 0 Å². The highest BCUT2D eigenvalue weighted by Crippen LogP contribution is 2.53. The minimum Gasteiger partial charge on any atom is -0.390 e. The molecular formula is C28H39N3O2. The Labute approximate surface area is 198 Å². The molecule has 4 rings (SSSR count).